The lowest BCUT2D eigenvalue weighted by atomic mass is 9.98. The Morgan fingerprint density at radius 2 is 2.05 bits per heavy atom. The first kappa shape index (κ1) is 14.6. The molecule has 1 aromatic heterocycles. The monoisotopic (exact) mass is 291 g/mol. The standard InChI is InChI=1S/C15H18ClN3O/c1-8-5-6-13(12(16)7-8)17-15(20)9(2)14-10(3)18-19-11(14)4/h5-7,9H,1-4H3,(H,17,20)(H,18,19)/t9-/m1/s1. The van der Waals surface area contributed by atoms with Crippen molar-refractivity contribution in [2.45, 2.75) is 33.6 Å². The predicted molar refractivity (Wildman–Crippen MR) is 81.3 cm³/mol. The summed E-state index contributed by atoms with van der Waals surface area (Å²) in [6.45, 7) is 7.63. The van der Waals surface area contributed by atoms with Crippen LogP contribution in [-0.4, -0.2) is 16.1 Å². The maximum atomic E-state index is 12.3. The van der Waals surface area contributed by atoms with Gasteiger partial charge in [-0.2, -0.15) is 5.10 Å². The molecule has 5 heteroatoms. The first-order valence-electron chi connectivity index (χ1n) is 6.48. The Bertz CT molecular complexity index is 629. The fourth-order valence-corrected chi connectivity index (χ4v) is 2.57. The largest absolute Gasteiger partial charge is 0.324 e. The summed E-state index contributed by atoms with van der Waals surface area (Å²) in [6, 6.07) is 5.56. The first-order chi connectivity index (χ1) is 9.40. The van der Waals surface area contributed by atoms with Crippen molar-refractivity contribution in [3.8, 4) is 0 Å². The smallest absolute Gasteiger partial charge is 0.231 e. The molecule has 0 saturated heterocycles. The van der Waals surface area contributed by atoms with Crippen LogP contribution in [0.2, 0.25) is 5.02 Å². The molecule has 0 fully saturated rings. The van der Waals surface area contributed by atoms with E-state index in [1.807, 2.05) is 45.9 Å². The summed E-state index contributed by atoms with van der Waals surface area (Å²) in [5.41, 5.74) is 4.39. The summed E-state index contributed by atoms with van der Waals surface area (Å²) in [5, 5.41) is 10.4. The molecule has 0 spiro atoms. The highest BCUT2D eigenvalue weighted by atomic mass is 35.5. The van der Waals surface area contributed by atoms with Gasteiger partial charge in [0, 0.05) is 11.3 Å². The Balaban J connectivity index is 2.20. The molecular formula is C15H18ClN3O. The maximum Gasteiger partial charge on any atom is 0.231 e. The van der Waals surface area contributed by atoms with Gasteiger partial charge in [0.25, 0.3) is 0 Å². The number of nitrogens with one attached hydrogen (secondary N) is 2. The Labute approximate surface area is 123 Å². The van der Waals surface area contributed by atoms with Gasteiger partial charge in [0.2, 0.25) is 5.91 Å². The van der Waals surface area contributed by atoms with Crippen LogP contribution in [0.5, 0.6) is 0 Å². The van der Waals surface area contributed by atoms with E-state index in [2.05, 4.69) is 15.5 Å². The van der Waals surface area contributed by atoms with E-state index in [0.717, 1.165) is 22.5 Å². The van der Waals surface area contributed by atoms with Gasteiger partial charge in [0.1, 0.15) is 0 Å². The van der Waals surface area contributed by atoms with Gasteiger partial charge < -0.3 is 5.32 Å². The molecule has 20 heavy (non-hydrogen) atoms. The number of hydrogen-bond acceptors (Lipinski definition) is 2. The van der Waals surface area contributed by atoms with Crippen molar-refractivity contribution in [1.29, 1.82) is 0 Å². The summed E-state index contributed by atoms with van der Waals surface area (Å²) in [6.07, 6.45) is 0. The van der Waals surface area contributed by atoms with Gasteiger partial charge in [-0.3, -0.25) is 9.89 Å². The van der Waals surface area contributed by atoms with Gasteiger partial charge in [-0.05, 0) is 45.4 Å². The number of rotatable bonds is 3. The third-order valence-electron chi connectivity index (χ3n) is 3.39. The van der Waals surface area contributed by atoms with Gasteiger partial charge in [0.05, 0.1) is 22.3 Å². The van der Waals surface area contributed by atoms with E-state index >= 15 is 0 Å². The molecule has 1 aromatic carbocycles. The second-order valence-corrected chi connectivity index (χ2v) is 5.45. The van der Waals surface area contributed by atoms with Crippen LogP contribution in [0.25, 0.3) is 0 Å². The first-order valence-corrected chi connectivity index (χ1v) is 6.86. The molecule has 0 bridgehead atoms. The fraction of sp³-hybridized carbons (Fsp3) is 0.333. The van der Waals surface area contributed by atoms with E-state index < -0.39 is 0 Å². The second kappa shape index (κ2) is 5.67. The average Bonchev–Trinajstić information content (AvgIpc) is 2.71. The van der Waals surface area contributed by atoms with Crippen LogP contribution in [0, 0.1) is 20.8 Å². The molecule has 0 unspecified atom stereocenters. The summed E-state index contributed by atoms with van der Waals surface area (Å²) >= 11 is 6.13. The molecule has 0 aliphatic rings. The predicted octanol–water partition coefficient (Wildman–Crippen LogP) is 3.73. The van der Waals surface area contributed by atoms with E-state index in [0.29, 0.717) is 10.7 Å². The molecule has 1 atom stereocenters. The van der Waals surface area contributed by atoms with E-state index in [4.69, 9.17) is 11.6 Å². The number of halogens is 1. The number of carbonyl (C=O) groups is 1. The second-order valence-electron chi connectivity index (χ2n) is 5.04. The van der Waals surface area contributed by atoms with Crippen molar-refractivity contribution >= 4 is 23.2 Å². The molecule has 2 rings (SSSR count). The number of carbonyl (C=O) groups excluding carboxylic acids is 1. The zero-order chi connectivity index (χ0) is 14.9. The maximum absolute atomic E-state index is 12.3. The number of aryl methyl sites for hydroxylation is 3. The highest BCUT2D eigenvalue weighted by molar-refractivity contribution is 6.33. The Kier molecular flexibility index (Phi) is 4.14. The minimum absolute atomic E-state index is 0.0941. The number of benzene rings is 1. The lowest BCUT2D eigenvalue weighted by molar-refractivity contribution is -0.117. The minimum atomic E-state index is -0.286. The number of aromatic amines is 1. The molecule has 0 aliphatic carbocycles. The van der Waals surface area contributed by atoms with Crippen LogP contribution in [0.1, 0.15) is 35.4 Å². The zero-order valence-corrected chi connectivity index (χ0v) is 12.8. The lowest BCUT2D eigenvalue weighted by Gasteiger charge is -2.14. The average molecular weight is 292 g/mol. The zero-order valence-electron chi connectivity index (χ0n) is 12.0. The molecule has 2 aromatic rings. The van der Waals surface area contributed by atoms with E-state index in [1.165, 1.54) is 0 Å². The molecule has 0 radical (unpaired) electrons. The van der Waals surface area contributed by atoms with Crippen molar-refractivity contribution in [3.63, 3.8) is 0 Å². The van der Waals surface area contributed by atoms with Gasteiger partial charge in [-0.25, -0.2) is 0 Å². The third kappa shape index (κ3) is 2.85. The van der Waals surface area contributed by atoms with Gasteiger partial charge in [-0.15, -0.1) is 0 Å². The van der Waals surface area contributed by atoms with Crippen molar-refractivity contribution in [3.05, 3.63) is 45.7 Å². The normalized spacial score (nSPS) is 12.2. The summed E-state index contributed by atoms with van der Waals surface area (Å²) in [7, 11) is 0. The van der Waals surface area contributed by atoms with Crippen LogP contribution >= 0.6 is 11.6 Å². The molecule has 0 aliphatic heterocycles. The summed E-state index contributed by atoms with van der Waals surface area (Å²) in [4.78, 5) is 12.3. The number of amides is 1. The highest BCUT2D eigenvalue weighted by Gasteiger charge is 2.21. The minimum Gasteiger partial charge on any atom is -0.324 e. The Hall–Kier alpha value is -1.81. The molecule has 1 amide bonds. The molecule has 4 nitrogen and oxygen atoms in total. The molecule has 106 valence electrons. The van der Waals surface area contributed by atoms with Crippen molar-refractivity contribution in [2.75, 3.05) is 5.32 Å². The van der Waals surface area contributed by atoms with Crippen molar-refractivity contribution in [2.24, 2.45) is 0 Å². The van der Waals surface area contributed by atoms with E-state index in [-0.39, 0.29) is 11.8 Å². The lowest BCUT2D eigenvalue weighted by Crippen LogP contribution is -2.20. The van der Waals surface area contributed by atoms with Crippen molar-refractivity contribution in [1.82, 2.24) is 10.2 Å². The number of H-pyrrole nitrogens is 1. The Morgan fingerprint density at radius 3 is 2.60 bits per heavy atom. The summed E-state index contributed by atoms with van der Waals surface area (Å²) in [5.74, 6) is -0.380. The quantitative estimate of drug-likeness (QED) is 0.905. The molecule has 2 N–H and O–H groups in total. The van der Waals surface area contributed by atoms with Crippen LogP contribution in [0.15, 0.2) is 18.2 Å². The van der Waals surface area contributed by atoms with E-state index in [1.54, 1.807) is 0 Å². The van der Waals surface area contributed by atoms with Gasteiger partial charge >= 0.3 is 0 Å². The topological polar surface area (TPSA) is 57.8 Å². The Morgan fingerprint density at radius 1 is 1.35 bits per heavy atom. The van der Waals surface area contributed by atoms with Crippen LogP contribution in [0.4, 0.5) is 5.69 Å². The van der Waals surface area contributed by atoms with E-state index in [9.17, 15) is 4.79 Å². The fourth-order valence-electron chi connectivity index (χ4n) is 2.29. The van der Waals surface area contributed by atoms with Crippen LogP contribution < -0.4 is 5.32 Å². The number of anilines is 1. The number of aromatic nitrogens is 2. The van der Waals surface area contributed by atoms with Crippen LogP contribution in [-0.2, 0) is 4.79 Å². The van der Waals surface area contributed by atoms with Gasteiger partial charge in [-0.1, -0.05) is 17.7 Å². The molecule has 0 saturated carbocycles. The molecule has 1 heterocycles. The van der Waals surface area contributed by atoms with Crippen LogP contribution in [0.3, 0.4) is 0 Å². The number of hydrogen-bond donors (Lipinski definition) is 2. The third-order valence-corrected chi connectivity index (χ3v) is 3.71. The van der Waals surface area contributed by atoms with Crippen molar-refractivity contribution < 1.29 is 4.79 Å². The highest BCUT2D eigenvalue weighted by Crippen LogP contribution is 2.26. The molecular weight excluding hydrogens is 274 g/mol. The number of nitrogens with zero attached hydrogens (tertiary/aromatic N) is 1. The van der Waals surface area contributed by atoms with Gasteiger partial charge in [0.15, 0.2) is 0 Å². The SMILES string of the molecule is Cc1ccc(NC(=O)[C@H](C)c2c(C)n[nH]c2C)c(Cl)c1. The summed E-state index contributed by atoms with van der Waals surface area (Å²) < 4.78 is 0.